The van der Waals surface area contributed by atoms with Crippen LogP contribution < -0.4 is 0 Å². The minimum absolute atomic E-state index is 0.290. The van der Waals surface area contributed by atoms with Crippen molar-refractivity contribution in [3.05, 3.63) is 0 Å². The van der Waals surface area contributed by atoms with Crippen molar-refractivity contribution in [3.8, 4) is 0 Å². The highest BCUT2D eigenvalue weighted by Gasteiger charge is 2.04. The van der Waals surface area contributed by atoms with Gasteiger partial charge in [-0.25, -0.2) is 0 Å². The monoisotopic (exact) mass is 188 g/mol. The molecule has 0 fully saturated rings. The van der Waals surface area contributed by atoms with Crippen LogP contribution in [0.5, 0.6) is 0 Å². The van der Waals surface area contributed by atoms with Gasteiger partial charge in [0, 0.05) is 13.2 Å². The molecule has 0 rings (SSSR count). The summed E-state index contributed by atoms with van der Waals surface area (Å²) < 4.78 is 0. The van der Waals surface area contributed by atoms with Gasteiger partial charge in [0.2, 0.25) is 0 Å². The lowest BCUT2D eigenvalue weighted by Gasteiger charge is -2.20. The molecule has 0 amide bonds. The van der Waals surface area contributed by atoms with E-state index in [0.29, 0.717) is 5.92 Å². The Bertz CT molecular complexity index is 117. The fourth-order valence-electron chi connectivity index (χ4n) is 1.34. The first-order valence-corrected chi connectivity index (χ1v) is 5.00. The number of rotatable bonds is 7. The maximum atomic E-state index is 8.86. The molecule has 0 aliphatic heterocycles. The fourth-order valence-corrected chi connectivity index (χ4v) is 1.34. The van der Waals surface area contributed by atoms with Gasteiger partial charge in [-0.1, -0.05) is 6.92 Å². The van der Waals surface area contributed by atoms with Gasteiger partial charge in [0.25, 0.3) is 0 Å². The first kappa shape index (κ1) is 12.9. The molecule has 1 unspecified atom stereocenters. The summed E-state index contributed by atoms with van der Waals surface area (Å²) in [5, 5.41) is 8.86. The topological polar surface area (TPSA) is 26.7 Å². The van der Waals surface area contributed by atoms with Crippen molar-refractivity contribution in [1.82, 2.24) is 9.80 Å². The molecule has 0 bridgehead atoms. The van der Waals surface area contributed by atoms with E-state index in [2.05, 4.69) is 37.9 Å². The largest absolute Gasteiger partial charge is 0.396 e. The molecule has 3 nitrogen and oxygen atoms in total. The predicted octanol–water partition coefficient (Wildman–Crippen LogP) is 0.498. The van der Waals surface area contributed by atoms with Gasteiger partial charge in [0.1, 0.15) is 0 Å². The molecule has 0 aromatic carbocycles. The van der Waals surface area contributed by atoms with Crippen molar-refractivity contribution in [2.45, 2.75) is 13.3 Å². The second-order valence-corrected chi connectivity index (χ2v) is 4.21. The zero-order valence-corrected chi connectivity index (χ0v) is 9.45. The Kier molecular flexibility index (Phi) is 7.23. The van der Waals surface area contributed by atoms with E-state index in [1.165, 1.54) is 6.42 Å². The van der Waals surface area contributed by atoms with E-state index < -0.39 is 0 Å². The standard InChI is InChI=1S/C10H24N2O/c1-10(9-13)8-12(4)7-5-6-11(2)3/h10,13H,5-9H2,1-4H3. The summed E-state index contributed by atoms with van der Waals surface area (Å²) in [6, 6.07) is 0. The van der Waals surface area contributed by atoms with E-state index in [1.54, 1.807) is 0 Å². The predicted molar refractivity (Wildman–Crippen MR) is 56.9 cm³/mol. The van der Waals surface area contributed by atoms with Crippen LogP contribution in [0.3, 0.4) is 0 Å². The highest BCUT2D eigenvalue weighted by Crippen LogP contribution is 1.97. The molecular formula is C10H24N2O. The van der Waals surface area contributed by atoms with Crippen LogP contribution >= 0.6 is 0 Å². The Morgan fingerprint density at radius 3 is 2.23 bits per heavy atom. The first-order chi connectivity index (χ1) is 6.06. The Morgan fingerprint density at radius 2 is 1.77 bits per heavy atom. The van der Waals surface area contributed by atoms with Crippen LogP contribution in [-0.4, -0.2) is 62.3 Å². The van der Waals surface area contributed by atoms with Gasteiger partial charge < -0.3 is 14.9 Å². The third-order valence-corrected chi connectivity index (χ3v) is 2.08. The van der Waals surface area contributed by atoms with E-state index >= 15 is 0 Å². The minimum Gasteiger partial charge on any atom is -0.396 e. The number of aliphatic hydroxyl groups excluding tert-OH is 1. The van der Waals surface area contributed by atoms with Crippen LogP contribution in [0, 0.1) is 5.92 Å². The van der Waals surface area contributed by atoms with Crippen molar-refractivity contribution in [2.24, 2.45) is 5.92 Å². The summed E-state index contributed by atoms with van der Waals surface area (Å²) in [4.78, 5) is 4.48. The van der Waals surface area contributed by atoms with Crippen molar-refractivity contribution < 1.29 is 5.11 Å². The smallest absolute Gasteiger partial charge is 0.0468 e. The van der Waals surface area contributed by atoms with Gasteiger partial charge in [0.15, 0.2) is 0 Å². The zero-order valence-electron chi connectivity index (χ0n) is 9.45. The van der Waals surface area contributed by atoms with E-state index in [0.717, 1.165) is 19.6 Å². The van der Waals surface area contributed by atoms with E-state index in [1.807, 2.05) is 0 Å². The van der Waals surface area contributed by atoms with E-state index in [4.69, 9.17) is 5.11 Å². The average molecular weight is 188 g/mol. The van der Waals surface area contributed by atoms with Crippen LogP contribution in [0.15, 0.2) is 0 Å². The molecule has 0 heterocycles. The van der Waals surface area contributed by atoms with Gasteiger partial charge in [-0.2, -0.15) is 0 Å². The lowest BCUT2D eigenvalue weighted by molar-refractivity contribution is 0.187. The van der Waals surface area contributed by atoms with Crippen LogP contribution in [0.1, 0.15) is 13.3 Å². The average Bonchev–Trinajstić information content (AvgIpc) is 2.03. The lowest BCUT2D eigenvalue weighted by Crippen LogP contribution is -2.28. The highest BCUT2D eigenvalue weighted by molar-refractivity contribution is 4.58. The molecule has 80 valence electrons. The maximum absolute atomic E-state index is 8.86. The lowest BCUT2D eigenvalue weighted by atomic mass is 10.2. The number of hydrogen-bond acceptors (Lipinski definition) is 3. The summed E-state index contributed by atoms with van der Waals surface area (Å²) in [6.45, 7) is 5.60. The van der Waals surface area contributed by atoms with Gasteiger partial charge in [-0.05, 0) is 46.6 Å². The molecule has 0 aliphatic rings. The molecule has 0 aliphatic carbocycles. The molecule has 0 aromatic heterocycles. The Morgan fingerprint density at radius 1 is 1.15 bits per heavy atom. The summed E-state index contributed by atoms with van der Waals surface area (Å²) in [5.41, 5.74) is 0. The third kappa shape index (κ3) is 8.22. The van der Waals surface area contributed by atoms with Crippen molar-refractivity contribution in [2.75, 3.05) is 47.4 Å². The highest BCUT2D eigenvalue weighted by atomic mass is 16.3. The number of nitrogens with zero attached hydrogens (tertiary/aromatic N) is 2. The fraction of sp³-hybridized carbons (Fsp3) is 1.00. The van der Waals surface area contributed by atoms with E-state index in [9.17, 15) is 0 Å². The molecule has 0 aromatic rings. The Hall–Kier alpha value is -0.120. The normalized spacial score (nSPS) is 14.1. The number of hydrogen-bond donors (Lipinski definition) is 1. The van der Waals surface area contributed by atoms with Crippen molar-refractivity contribution >= 4 is 0 Å². The summed E-state index contributed by atoms with van der Waals surface area (Å²) in [5.74, 6) is 0.393. The summed E-state index contributed by atoms with van der Waals surface area (Å²) in [7, 11) is 6.30. The van der Waals surface area contributed by atoms with Crippen LogP contribution in [0.2, 0.25) is 0 Å². The van der Waals surface area contributed by atoms with Gasteiger partial charge in [-0.15, -0.1) is 0 Å². The van der Waals surface area contributed by atoms with Gasteiger partial charge in [0.05, 0.1) is 0 Å². The molecule has 0 saturated heterocycles. The second-order valence-electron chi connectivity index (χ2n) is 4.21. The van der Waals surface area contributed by atoms with Crippen LogP contribution in [0.25, 0.3) is 0 Å². The second kappa shape index (κ2) is 7.30. The molecule has 0 spiro atoms. The summed E-state index contributed by atoms with van der Waals surface area (Å²) >= 11 is 0. The minimum atomic E-state index is 0.290. The maximum Gasteiger partial charge on any atom is 0.0468 e. The summed E-state index contributed by atoms with van der Waals surface area (Å²) in [6.07, 6.45) is 1.20. The SMILES string of the molecule is CC(CO)CN(C)CCCN(C)C. The quantitative estimate of drug-likeness (QED) is 0.630. The molecular weight excluding hydrogens is 164 g/mol. The third-order valence-electron chi connectivity index (χ3n) is 2.08. The van der Waals surface area contributed by atoms with Crippen molar-refractivity contribution in [1.29, 1.82) is 0 Å². The molecule has 0 saturated carbocycles. The molecule has 3 heteroatoms. The van der Waals surface area contributed by atoms with Gasteiger partial charge in [-0.3, -0.25) is 0 Å². The Balaban J connectivity index is 3.34. The van der Waals surface area contributed by atoms with Gasteiger partial charge >= 0.3 is 0 Å². The first-order valence-electron chi connectivity index (χ1n) is 5.00. The van der Waals surface area contributed by atoms with Crippen LogP contribution in [-0.2, 0) is 0 Å². The molecule has 0 radical (unpaired) electrons. The molecule has 13 heavy (non-hydrogen) atoms. The molecule has 1 atom stereocenters. The van der Waals surface area contributed by atoms with Crippen molar-refractivity contribution in [3.63, 3.8) is 0 Å². The van der Waals surface area contributed by atoms with E-state index in [-0.39, 0.29) is 6.61 Å². The molecule has 1 N–H and O–H groups in total. The Labute approximate surface area is 82.3 Å². The zero-order chi connectivity index (χ0) is 10.3. The number of aliphatic hydroxyl groups is 1. The van der Waals surface area contributed by atoms with Crippen LogP contribution in [0.4, 0.5) is 0 Å².